The van der Waals surface area contributed by atoms with Crippen molar-refractivity contribution >= 4 is 6.21 Å². The summed E-state index contributed by atoms with van der Waals surface area (Å²) in [7, 11) is 1.89. The molecule has 0 saturated carbocycles. The molecule has 0 aliphatic carbocycles. The van der Waals surface area contributed by atoms with Crippen LogP contribution in [0.1, 0.15) is 39.5 Å². The summed E-state index contributed by atoms with van der Waals surface area (Å²) < 4.78 is 14.1. The van der Waals surface area contributed by atoms with Crippen molar-refractivity contribution in [3.05, 3.63) is 11.8 Å². The van der Waals surface area contributed by atoms with Crippen molar-refractivity contribution in [2.24, 2.45) is 16.8 Å². The minimum absolute atomic E-state index is 0.0291. The van der Waals surface area contributed by atoms with E-state index in [1.807, 2.05) is 20.2 Å². The number of nitrogens with zero attached hydrogens (tertiary/aromatic N) is 1. The Morgan fingerprint density at radius 2 is 2.24 bits per heavy atom. The van der Waals surface area contributed by atoms with Crippen molar-refractivity contribution in [3.63, 3.8) is 0 Å². The lowest BCUT2D eigenvalue weighted by atomic mass is 9.84. The Morgan fingerprint density at radius 1 is 1.47 bits per heavy atom. The fourth-order valence-corrected chi connectivity index (χ4v) is 2.39. The molecule has 0 amide bonds. The summed E-state index contributed by atoms with van der Waals surface area (Å²) in [5.41, 5.74) is 1.07. The van der Waals surface area contributed by atoms with E-state index in [-0.39, 0.29) is 11.8 Å². The van der Waals surface area contributed by atoms with E-state index in [1.165, 1.54) is 0 Å². The standard InChI is InChI=1S/C14H25FN2/c1-4-7-13(15)12(10-16-3)11(2)14-8-5-6-9-17-14/h8-9,11-13,16H,4-7,10H2,1-3H3. The SMILES string of the molecule is CCCC(F)C(CNC)C(C)C1=CCCC=N1. The summed E-state index contributed by atoms with van der Waals surface area (Å²) in [6, 6.07) is 0. The van der Waals surface area contributed by atoms with Crippen molar-refractivity contribution in [2.75, 3.05) is 13.6 Å². The molecule has 0 aromatic carbocycles. The van der Waals surface area contributed by atoms with Gasteiger partial charge in [0, 0.05) is 30.3 Å². The smallest absolute Gasteiger partial charge is 0.105 e. The van der Waals surface area contributed by atoms with Gasteiger partial charge in [0.05, 0.1) is 0 Å². The molecule has 3 heteroatoms. The minimum atomic E-state index is -0.736. The lowest BCUT2D eigenvalue weighted by Crippen LogP contribution is -2.33. The lowest BCUT2D eigenvalue weighted by Gasteiger charge is -2.28. The van der Waals surface area contributed by atoms with Crippen LogP contribution in [0.4, 0.5) is 4.39 Å². The van der Waals surface area contributed by atoms with Gasteiger partial charge in [0.25, 0.3) is 0 Å². The highest BCUT2D eigenvalue weighted by Gasteiger charge is 2.28. The largest absolute Gasteiger partial charge is 0.319 e. The minimum Gasteiger partial charge on any atom is -0.319 e. The van der Waals surface area contributed by atoms with Crippen LogP contribution in [-0.4, -0.2) is 26.0 Å². The zero-order valence-electron chi connectivity index (χ0n) is 11.2. The number of hydrogen-bond donors (Lipinski definition) is 1. The average Bonchev–Trinajstić information content (AvgIpc) is 2.36. The molecule has 1 N–H and O–H groups in total. The molecule has 0 aromatic rings. The lowest BCUT2D eigenvalue weighted by molar-refractivity contribution is 0.173. The summed E-state index contributed by atoms with van der Waals surface area (Å²) in [4.78, 5) is 4.42. The van der Waals surface area contributed by atoms with Crippen LogP contribution in [0.25, 0.3) is 0 Å². The summed E-state index contributed by atoms with van der Waals surface area (Å²) in [6.07, 6.45) is 6.98. The quantitative estimate of drug-likeness (QED) is 0.725. The number of nitrogens with one attached hydrogen (secondary N) is 1. The summed E-state index contributed by atoms with van der Waals surface area (Å²) in [5, 5.41) is 3.11. The van der Waals surface area contributed by atoms with Crippen molar-refractivity contribution in [2.45, 2.75) is 45.7 Å². The van der Waals surface area contributed by atoms with E-state index in [0.717, 1.165) is 31.5 Å². The predicted octanol–water partition coefficient (Wildman–Crippen LogP) is 3.34. The third-order valence-corrected chi connectivity index (χ3v) is 3.47. The van der Waals surface area contributed by atoms with Gasteiger partial charge in [-0.25, -0.2) is 4.39 Å². The van der Waals surface area contributed by atoms with Gasteiger partial charge in [-0.2, -0.15) is 0 Å². The first kappa shape index (κ1) is 14.4. The number of alkyl halides is 1. The molecular formula is C14H25FN2. The van der Waals surface area contributed by atoms with Crippen LogP contribution in [0.5, 0.6) is 0 Å². The van der Waals surface area contributed by atoms with Crippen molar-refractivity contribution in [3.8, 4) is 0 Å². The van der Waals surface area contributed by atoms with E-state index in [2.05, 4.69) is 23.3 Å². The van der Waals surface area contributed by atoms with Crippen LogP contribution >= 0.6 is 0 Å². The molecule has 17 heavy (non-hydrogen) atoms. The van der Waals surface area contributed by atoms with Gasteiger partial charge in [0.1, 0.15) is 6.17 Å². The predicted molar refractivity (Wildman–Crippen MR) is 72.2 cm³/mol. The normalized spacial score (nSPS) is 20.8. The third kappa shape index (κ3) is 4.23. The molecule has 0 aromatic heterocycles. The number of rotatable bonds is 7. The van der Waals surface area contributed by atoms with Crippen LogP contribution in [0.15, 0.2) is 16.8 Å². The highest BCUT2D eigenvalue weighted by atomic mass is 19.1. The third-order valence-electron chi connectivity index (χ3n) is 3.47. The summed E-state index contributed by atoms with van der Waals surface area (Å²) in [5.74, 6) is 0.224. The van der Waals surface area contributed by atoms with E-state index in [4.69, 9.17) is 0 Å². The molecule has 3 unspecified atom stereocenters. The van der Waals surface area contributed by atoms with Gasteiger partial charge >= 0.3 is 0 Å². The molecule has 1 aliphatic heterocycles. The first-order chi connectivity index (χ1) is 8.20. The molecule has 0 fully saturated rings. The maximum atomic E-state index is 14.1. The van der Waals surface area contributed by atoms with Gasteiger partial charge in [-0.15, -0.1) is 0 Å². The molecule has 98 valence electrons. The molecule has 1 rings (SSSR count). The Labute approximate surface area is 104 Å². The van der Waals surface area contributed by atoms with Crippen molar-refractivity contribution in [1.82, 2.24) is 5.32 Å². The van der Waals surface area contributed by atoms with Crippen LogP contribution < -0.4 is 5.32 Å². The maximum Gasteiger partial charge on any atom is 0.105 e. The van der Waals surface area contributed by atoms with E-state index in [1.54, 1.807) is 0 Å². The van der Waals surface area contributed by atoms with E-state index < -0.39 is 6.17 Å². The molecule has 0 spiro atoms. The molecule has 1 aliphatic rings. The first-order valence-electron chi connectivity index (χ1n) is 6.72. The Hall–Kier alpha value is -0.700. The Bertz CT molecular complexity index is 273. The fourth-order valence-electron chi connectivity index (χ4n) is 2.39. The molecule has 0 radical (unpaired) electrons. The Balaban J connectivity index is 2.68. The van der Waals surface area contributed by atoms with Gasteiger partial charge < -0.3 is 5.32 Å². The molecule has 0 saturated heterocycles. The Morgan fingerprint density at radius 3 is 2.76 bits per heavy atom. The van der Waals surface area contributed by atoms with Gasteiger partial charge in [0.15, 0.2) is 0 Å². The van der Waals surface area contributed by atoms with E-state index in [0.29, 0.717) is 6.42 Å². The van der Waals surface area contributed by atoms with E-state index >= 15 is 0 Å². The Kier molecular flexibility index (Phi) is 6.41. The zero-order valence-corrected chi connectivity index (χ0v) is 11.2. The second-order valence-electron chi connectivity index (χ2n) is 4.83. The number of hydrogen-bond acceptors (Lipinski definition) is 2. The zero-order chi connectivity index (χ0) is 12.7. The fraction of sp³-hybridized carbons (Fsp3) is 0.786. The second kappa shape index (κ2) is 7.59. The van der Waals surface area contributed by atoms with Gasteiger partial charge in [-0.3, -0.25) is 4.99 Å². The monoisotopic (exact) mass is 240 g/mol. The molecule has 3 atom stereocenters. The van der Waals surface area contributed by atoms with Crippen LogP contribution in [0, 0.1) is 11.8 Å². The first-order valence-corrected chi connectivity index (χ1v) is 6.72. The average molecular weight is 240 g/mol. The second-order valence-corrected chi connectivity index (χ2v) is 4.83. The summed E-state index contributed by atoms with van der Waals surface area (Å²) >= 11 is 0. The van der Waals surface area contributed by atoms with Gasteiger partial charge in [0.2, 0.25) is 0 Å². The van der Waals surface area contributed by atoms with Crippen molar-refractivity contribution in [1.29, 1.82) is 0 Å². The highest BCUT2D eigenvalue weighted by Crippen LogP contribution is 2.29. The molecular weight excluding hydrogens is 215 g/mol. The molecule has 0 bridgehead atoms. The molecule has 2 nitrogen and oxygen atoms in total. The number of halogens is 1. The number of aliphatic imine (C=N–C) groups is 1. The summed E-state index contributed by atoms with van der Waals surface area (Å²) in [6.45, 7) is 4.85. The van der Waals surface area contributed by atoms with Crippen LogP contribution in [-0.2, 0) is 0 Å². The van der Waals surface area contributed by atoms with Gasteiger partial charge in [-0.05, 0) is 26.3 Å². The van der Waals surface area contributed by atoms with Crippen LogP contribution in [0.2, 0.25) is 0 Å². The molecule has 1 heterocycles. The highest BCUT2D eigenvalue weighted by molar-refractivity contribution is 5.60. The topological polar surface area (TPSA) is 24.4 Å². The van der Waals surface area contributed by atoms with E-state index in [9.17, 15) is 4.39 Å². The maximum absolute atomic E-state index is 14.1. The number of allylic oxidation sites excluding steroid dienone is 2. The van der Waals surface area contributed by atoms with Gasteiger partial charge in [-0.1, -0.05) is 26.3 Å². The van der Waals surface area contributed by atoms with Crippen LogP contribution in [0.3, 0.4) is 0 Å². The van der Waals surface area contributed by atoms with Crippen molar-refractivity contribution < 1.29 is 4.39 Å².